The summed E-state index contributed by atoms with van der Waals surface area (Å²) < 4.78 is 6.24. The van der Waals surface area contributed by atoms with E-state index >= 15 is 0 Å². The molecule has 3 fully saturated rings. The summed E-state index contributed by atoms with van der Waals surface area (Å²) in [7, 11) is 0. The van der Waals surface area contributed by atoms with Gasteiger partial charge in [0.1, 0.15) is 23.6 Å². The average molecular weight is 476 g/mol. The van der Waals surface area contributed by atoms with Crippen LogP contribution in [0.15, 0.2) is 36.5 Å². The molecule has 5 rings (SSSR count). The monoisotopic (exact) mass is 475 g/mol. The second-order valence-corrected chi connectivity index (χ2v) is 9.70. The lowest BCUT2D eigenvalue weighted by atomic mass is 9.75. The average Bonchev–Trinajstić information content (AvgIpc) is 3.07. The Morgan fingerprint density at radius 3 is 2.47 bits per heavy atom. The minimum Gasteiger partial charge on any atom is -0.490 e. The van der Waals surface area contributed by atoms with Crippen LogP contribution in [0.5, 0.6) is 5.75 Å². The van der Waals surface area contributed by atoms with Crippen LogP contribution in [-0.4, -0.2) is 52.2 Å². The Balaban J connectivity index is 1.37. The number of carbonyl (C=O) groups excluding carboxylic acids is 1. The van der Waals surface area contributed by atoms with Gasteiger partial charge in [-0.3, -0.25) is 9.69 Å². The van der Waals surface area contributed by atoms with Gasteiger partial charge in [0.2, 0.25) is 0 Å². The van der Waals surface area contributed by atoms with Crippen molar-refractivity contribution < 1.29 is 9.53 Å². The summed E-state index contributed by atoms with van der Waals surface area (Å²) in [5.41, 5.74) is 1.61. The van der Waals surface area contributed by atoms with Gasteiger partial charge in [0.05, 0.1) is 5.69 Å². The zero-order valence-corrected chi connectivity index (χ0v) is 20.5. The van der Waals surface area contributed by atoms with Crippen molar-refractivity contribution in [2.45, 2.75) is 57.6 Å². The second kappa shape index (κ2) is 8.97. The van der Waals surface area contributed by atoms with Crippen LogP contribution in [0.2, 0.25) is 0 Å². The SMILES string of the molecule is [C-]#[N+]c1ncc(N2C(=O)C3(CCC3)N(c3ccc(OC4CCN(CC)CC4)cc3)C2=S)cc1C. The third-order valence-corrected chi connectivity index (χ3v) is 7.74. The molecule has 176 valence electrons. The first kappa shape index (κ1) is 22.8. The maximum atomic E-state index is 13.6. The molecule has 1 aliphatic carbocycles. The first-order valence-corrected chi connectivity index (χ1v) is 12.4. The maximum Gasteiger partial charge on any atom is 0.272 e. The number of hydrogen-bond donors (Lipinski definition) is 0. The number of aryl methyl sites for hydroxylation is 1. The van der Waals surface area contributed by atoms with E-state index in [1.807, 2.05) is 42.2 Å². The molecule has 0 atom stereocenters. The summed E-state index contributed by atoms with van der Waals surface area (Å²) in [5.74, 6) is 1.18. The van der Waals surface area contributed by atoms with Crippen LogP contribution in [0, 0.1) is 13.5 Å². The van der Waals surface area contributed by atoms with Gasteiger partial charge >= 0.3 is 0 Å². The number of ether oxygens (including phenoxy) is 1. The zero-order chi connectivity index (χ0) is 23.9. The third kappa shape index (κ3) is 3.73. The summed E-state index contributed by atoms with van der Waals surface area (Å²) in [6.07, 6.45) is 6.42. The van der Waals surface area contributed by atoms with Gasteiger partial charge < -0.3 is 19.4 Å². The van der Waals surface area contributed by atoms with Crippen LogP contribution in [0.1, 0.15) is 44.6 Å². The van der Waals surface area contributed by atoms with Crippen LogP contribution in [0.25, 0.3) is 4.85 Å². The van der Waals surface area contributed by atoms with Crippen molar-refractivity contribution in [3.63, 3.8) is 0 Å². The van der Waals surface area contributed by atoms with E-state index in [-0.39, 0.29) is 12.0 Å². The molecule has 0 radical (unpaired) electrons. The Labute approximate surface area is 206 Å². The van der Waals surface area contributed by atoms with Gasteiger partial charge in [-0.2, -0.15) is 0 Å². The third-order valence-electron chi connectivity index (χ3n) is 7.37. The highest BCUT2D eigenvalue weighted by molar-refractivity contribution is 7.81. The van der Waals surface area contributed by atoms with E-state index in [9.17, 15) is 4.79 Å². The van der Waals surface area contributed by atoms with Crippen LogP contribution in [0.4, 0.5) is 17.2 Å². The summed E-state index contributed by atoms with van der Waals surface area (Å²) >= 11 is 5.85. The molecule has 1 aromatic carbocycles. The fourth-order valence-electron chi connectivity index (χ4n) is 5.21. The number of piperidine rings is 1. The molecule has 0 unspecified atom stereocenters. The van der Waals surface area contributed by atoms with E-state index in [4.69, 9.17) is 23.5 Å². The van der Waals surface area contributed by atoms with Crippen molar-refractivity contribution >= 4 is 40.4 Å². The van der Waals surface area contributed by atoms with E-state index < -0.39 is 5.54 Å². The summed E-state index contributed by atoms with van der Waals surface area (Å²) in [5, 5.41) is 0.460. The molecule has 3 heterocycles. The normalized spacial score (nSPS) is 20.5. The molecule has 34 heavy (non-hydrogen) atoms. The molecule has 1 aromatic heterocycles. The summed E-state index contributed by atoms with van der Waals surface area (Å²) in [6, 6.07) is 9.80. The Morgan fingerprint density at radius 2 is 1.91 bits per heavy atom. The van der Waals surface area contributed by atoms with E-state index in [0.29, 0.717) is 16.6 Å². The molecule has 1 saturated carbocycles. The first-order valence-electron chi connectivity index (χ1n) is 12.0. The smallest absolute Gasteiger partial charge is 0.272 e. The maximum absolute atomic E-state index is 13.6. The Hall–Kier alpha value is -3.02. The number of aromatic nitrogens is 1. The number of rotatable bonds is 5. The quantitative estimate of drug-likeness (QED) is 0.455. The first-order chi connectivity index (χ1) is 16.5. The lowest BCUT2D eigenvalue weighted by Crippen LogP contribution is -2.55. The van der Waals surface area contributed by atoms with Gasteiger partial charge in [0.25, 0.3) is 11.7 Å². The predicted octanol–water partition coefficient (Wildman–Crippen LogP) is 4.86. The minimum absolute atomic E-state index is 0.0106. The molecule has 3 aliphatic rings. The predicted molar refractivity (Wildman–Crippen MR) is 137 cm³/mol. The molecule has 0 N–H and O–H groups in total. The standard InChI is InChI=1S/C26H29N5O2S/c1-4-29-14-10-22(11-15-29)33-21-8-6-19(7-9-21)31-25(34)30(24(32)26(31)12-5-13-26)20-16-18(2)23(27-3)28-17-20/h6-9,16-17,22H,4-5,10-15H2,1-2H3. The molecule has 8 heteroatoms. The summed E-state index contributed by atoms with van der Waals surface area (Å²) in [4.78, 5) is 27.3. The van der Waals surface area contributed by atoms with Crippen molar-refractivity contribution in [3.05, 3.63) is 53.5 Å². The number of amides is 1. The van der Waals surface area contributed by atoms with Crippen molar-refractivity contribution in [1.82, 2.24) is 9.88 Å². The molecular weight excluding hydrogens is 446 g/mol. The zero-order valence-electron chi connectivity index (χ0n) is 19.7. The van der Waals surface area contributed by atoms with Gasteiger partial charge in [0, 0.05) is 18.8 Å². The Morgan fingerprint density at radius 1 is 1.21 bits per heavy atom. The highest BCUT2D eigenvalue weighted by atomic mass is 32.1. The van der Waals surface area contributed by atoms with E-state index in [2.05, 4.69) is 21.7 Å². The highest BCUT2D eigenvalue weighted by Gasteiger charge is 2.59. The second-order valence-electron chi connectivity index (χ2n) is 9.33. The fourth-order valence-corrected chi connectivity index (χ4v) is 5.68. The largest absolute Gasteiger partial charge is 0.490 e. The number of likely N-dealkylation sites (tertiary alicyclic amines) is 1. The van der Waals surface area contributed by atoms with Gasteiger partial charge in [-0.25, -0.2) is 0 Å². The number of pyridine rings is 1. The fraction of sp³-hybridized carbons (Fsp3) is 0.462. The number of thiocarbonyl (C=S) groups is 1. The molecule has 0 bridgehead atoms. The van der Waals surface area contributed by atoms with E-state index in [0.717, 1.165) is 68.7 Å². The van der Waals surface area contributed by atoms with Crippen molar-refractivity contribution in [1.29, 1.82) is 0 Å². The molecule has 2 saturated heterocycles. The molecular formula is C26H29N5O2S. The van der Waals surface area contributed by atoms with Crippen molar-refractivity contribution in [2.75, 3.05) is 29.4 Å². The van der Waals surface area contributed by atoms with Gasteiger partial charge in [-0.1, -0.05) is 13.5 Å². The lowest BCUT2D eigenvalue weighted by molar-refractivity contribution is -0.123. The Bertz CT molecular complexity index is 1150. The highest BCUT2D eigenvalue weighted by Crippen LogP contribution is 2.48. The van der Waals surface area contributed by atoms with Crippen molar-refractivity contribution in [3.8, 4) is 5.75 Å². The van der Waals surface area contributed by atoms with Gasteiger partial charge in [-0.15, -0.1) is 4.98 Å². The van der Waals surface area contributed by atoms with Gasteiger partial charge in [-0.05, 0) is 93.7 Å². The van der Waals surface area contributed by atoms with E-state index in [1.165, 1.54) is 0 Å². The molecule has 2 aromatic rings. The van der Waals surface area contributed by atoms with Crippen LogP contribution in [0.3, 0.4) is 0 Å². The summed E-state index contributed by atoms with van der Waals surface area (Å²) in [6.45, 7) is 14.5. The van der Waals surface area contributed by atoms with Crippen LogP contribution >= 0.6 is 12.2 Å². The molecule has 1 amide bonds. The Kier molecular flexibility index (Phi) is 6.00. The number of nitrogens with zero attached hydrogens (tertiary/aromatic N) is 5. The van der Waals surface area contributed by atoms with Crippen molar-refractivity contribution in [2.24, 2.45) is 0 Å². The van der Waals surface area contributed by atoms with Gasteiger partial charge in [0.15, 0.2) is 5.11 Å². The minimum atomic E-state index is -0.640. The topological polar surface area (TPSA) is 53.3 Å². The van der Waals surface area contributed by atoms with Crippen LogP contribution in [-0.2, 0) is 4.79 Å². The number of anilines is 2. The number of hydrogen-bond acceptors (Lipinski definition) is 5. The number of carbonyl (C=O) groups is 1. The molecule has 2 aliphatic heterocycles. The molecule has 1 spiro atoms. The van der Waals surface area contributed by atoms with E-state index in [1.54, 1.807) is 11.1 Å². The molecule has 7 nitrogen and oxygen atoms in total. The lowest BCUT2D eigenvalue weighted by Gasteiger charge is -2.43. The van der Waals surface area contributed by atoms with Crippen LogP contribution < -0.4 is 14.5 Å². The number of benzene rings is 1.